The Morgan fingerprint density at radius 3 is 3.07 bits per heavy atom. The van der Waals surface area contributed by atoms with Gasteiger partial charge < -0.3 is 10.1 Å². The second-order valence-corrected chi connectivity index (χ2v) is 2.69. The third-order valence-electron chi connectivity index (χ3n) is 1.87. The first-order chi connectivity index (χ1) is 6.74. The zero-order chi connectivity index (χ0) is 10.1. The third-order valence-corrected chi connectivity index (χ3v) is 1.87. The van der Waals surface area contributed by atoms with Crippen molar-refractivity contribution in [3.05, 3.63) is 34.2 Å². The highest BCUT2D eigenvalue weighted by Crippen LogP contribution is 2.21. The fraction of sp³-hybridized carbons (Fsp3) is 0. The third kappa shape index (κ3) is 1.02. The van der Waals surface area contributed by atoms with E-state index in [1.54, 1.807) is 18.2 Å². The van der Waals surface area contributed by atoms with E-state index in [9.17, 15) is 9.90 Å². The molecule has 2 rings (SSSR count). The molecule has 0 aromatic carbocycles. The molecule has 5 nitrogen and oxygen atoms in total. The number of rotatable bonds is 0. The Morgan fingerprint density at radius 1 is 1.57 bits per heavy atom. The van der Waals surface area contributed by atoms with E-state index in [0.29, 0.717) is 5.39 Å². The Bertz CT molecular complexity index is 595. The summed E-state index contributed by atoms with van der Waals surface area (Å²) in [5.74, 6) is -0.320. The summed E-state index contributed by atoms with van der Waals surface area (Å²) in [5.41, 5.74) is -0.643. The fourth-order valence-electron chi connectivity index (χ4n) is 1.21. The summed E-state index contributed by atoms with van der Waals surface area (Å²) in [7, 11) is 0. The van der Waals surface area contributed by atoms with Crippen LogP contribution >= 0.6 is 0 Å². The van der Waals surface area contributed by atoms with Crippen LogP contribution in [0.4, 0.5) is 0 Å². The van der Waals surface area contributed by atoms with E-state index in [4.69, 9.17) is 5.26 Å². The molecule has 2 heterocycles. The predicted octanol–water partition coefficient (Wildman–Crippen LogP) is 0.500. The van der Waals surface area contributed by atoms with Crippen molar-refractivity contribution < 1.29 is 5.11 Å². The number of pyridine rings is 2. The number of hydrogen-bond acceptors (Lipinski definition) is 4. The number of nitrogens with zero attached hydrogens (tertiary/aromatic N) is 2. The van der Waals surface area contributed by atoms with Gasteiger partial charge in [-0.15, -0.1) is 0 Å². The average Bonchev–Trinajstić information content (AvgIpc) is 2.18. The fourth-order valence-corrected chi connectivity index (χ4v) is 1.21. The van der Waals surface area contributed by atoms with Crippen LogP contribution in [0.15, 0.2) is 23.1 Å². The van der Waals surface area contributed by atoms with Crippen LogP contribution in [0.1, 0.15) is 5.56 Å². The Labute approximate surface area is 78.3 Å². The van der Waals surface area contributed by atoms with Gasteiger partial charge >= 0.3 is 0 Å². The minimum atomic E-state index is -0.629. The van der Waals surface area contributed by atoms with Crippen molar-refractivity contribution in [1.29, 1.82) is 5.26 Å². The lowest BCUT2D eigenvalue weighted by Crippen LogP contribution is -2.10. The zero-order valence-electron chi connectivity index (χ0n) is 6.98. The number of hydrogen-bond donors (Lipinski definition) is 2. The molecule has 14 heavy (non-hydrogen) atoms. The molecular weight excluding hydrogens is 182 g/mol. The van der Waals surface area contributed by atoms with E-state index in [2.05, 4.69) is 9.97 Å². The molecule has 0 saturated carbocycles. The molecule has 5 heteroatoms. The zero-order valence-corrected chi connectivity index (χ0v) is 6.98. The van der Waals surface area contributed by atoms with Gasteiger partial charge in [0.2, 0.25) is 0 Å². The van der Waals surface area contributed by atoms with Crippen LogP contribution in [0, 0.1) is 11.3 Å². The molecule has 68 valence electrons. The van der Waals surface area contributed by atoms with Gasteiger partial charge in [-0.1, -0.05) is 0 Å². The van der Waals surface area contributed by atoms with E-state index < -0.39 is 5.56 Å². The maximum Gasteiger partial charge on any atom is 0.271 e. The molecule has 0 saturated heterocycles. The second kappa shape index (κ2) is 2.85. The van der Waals surface area contributed by atoms with Crippen molar-refractivity contribution in [2.75, 3.05) is 0 Å². The molecule has 0 fully saturated rings. The smallest absolute Gasteiger partial charge is 0.271 e. The normalized spacial score (nSPS) is 9.93. The quantitative estimate of drug-likeness (QED) is 0.628. The van der Waals surface area contributed by atoms with Crippen LogP contribution in [0.2, 0.25) is 0 Å². The molecule has 0 unspecified atom stereocenters. The number of nitrogens with one attached hydrogen (secondary N) is 1. The lowest BCUT2D eigenvalue weighted by atomic mass is 10.2. The maximum atomic E-state index is 11.2. The topological polar surface area (TPSA) is 89.8 Å². The number of aromatic hydroxyl groups is 1. The van der Waals surface area contributed by atoms with Gasteiger partial charge in [0.15, 0.2) is 5.56 Å². The number of H-pyrrole nitrogens is 1. The summed E-state index contributed by atoms with van der Waals surface area (Å²) < 4.78 is 0. The van der Waals surface area contributed by atoms with Gasteiger partial charge in [-0.05, 0) is 12.1 Å². The van der Waals surface area contributed by atoms with Gasteiger partial charge in [0.25, 0.3) is 5.56 Å². The summed E-state index contributed by atoms with van der Waals surface area (Å²) >= 11 is 0. The van der Waals surface area contributed by atoms with Crippen LogP contribution < -0.4 is 5.56 Å². The van der Waals surface area contributed by atoms with Gasteiger partial charge in [-0.3, -0.25) is 4.79 Å². The predicted molar refractivity (Wildman–Crippen MR) is 48.7 cm³/mol. The van der Waals surface area contributed by atoms with Crippen LogP contribution in [0.5, 0.6) is 5.75 Å². The van der Waals surface area contributed by atoms with Gasteiger partial charge in [0.05, 0.1) is 5.39 Å². The highest BCUT2D eigenvalue weighted by atomic mass is 16.3. The molecular formula is C9H5N3O2. The maximum absolute atomic E-state index is 11.2. The van der Waals surface area contributed by atoms with E-state index in [1.165, 1.54) is 6.20 Å². The highest BCUT2D eigenvalue weighted by Gasteiger charge is 2.10. The summed E-state index contributed by atoms with van der Waals surface area (Å²) in [6.45, 7) is 0. The molecule has 0 aliphatic heterocycles. The number of nitriles is 1. The molecule has 0 aliphatic carbocycles. The first-order valence-electron chi connectivity index (χ1n) is 3.84. The molecule has 2 N–H and O–H groups in total. The van der Waals surface area contributed by atoms with Crippen LogP contribution in [0.25, 0.3) is 11.0 Å². The lowest BCUT2D eigenvalue weighted by Gasteiger charge is -1.99. The molecule has 0 bridgehead atoms. The number of aromatic amines is 1. The summed E-state index contributed by atoms with van der Waals surface area (Å²) in [6.07, 6.45) is 1.49. The van der Waals surface area contributed by atoms with Crippen molar-refractivity contribution in [3.63, 3.8) is 0 Å². The van der Waals surface area contributed by atoms with E-state index >= 15 is 0 Å². The van der Waals surface area contributed by atoms with Crippen LogP contribution in [0.3, 0.4) is 0 Å². The summed E-state index contributed by atoms with van der Waals surface area (Å²) in [6, 6.07) is 4.82. The summed E-state index contributed by atoms with van der Waals surface area (Å²) in [4.78, 5) is 17.5. The molecule has 0 atom stereocenters. The monoisotopic (exact) mass is 187 g/mol. The van der Waals surface area contributed by atoms with E-state index in [-0.39, 0.29) is 17.0 Å². The van der Waals surface area contributed by atoms with Crippen molar-refractivity contribution in [2.45, 2.75) is 0 Å². The Balaban J connectivity index is 3.02. The van der Waals surface area contributed by atoms with E-state index in [0.717, 1.165) is 0 Å². The minimum Gasteiger partial charge on any atom is -0.506 e. The van der Waals surface area contributed by atoms with Gasteiger partial charge in [0, 0.05) is 6.20 Å². The lowest BCUT2D eigenvalue weighted by molar-refractivity contribution is 0.478. The number of fused-ring (bicyclic) bond motifs is 1. The van der Waals surface area contributed by atoms with Crippen molar-refractivity contribution >= 4 is 11.0 Å². The molecule has 0 amide bonds. The Hall–Kier alpha value is -2.35. The summed E-state index contributed by atoms with van der Waals surface area (Å²) in [5, 5.41) is 18.5. The largest absolute Gasteiger partial charge is 0.506 e. The Morgan fingerprint density at radius 2 is 2.36 bits per heavy atom. The van der Waals surface area contributed by atoms with Gasteiger partial charge in [-0.25, -0.2) is 4.98 Å². The van der Waals surface area contributed by atoms with Crippen LogP contribution in [-0.2, 0) is 0 Å². The first-order valence-corrected chi connectivity index (χ1v) is 3.84. The van der Waals surface area contributed by atoms with E-state index in [1.807, 2.05) is 0 Å². The number of aromatic nitrogens is 2. The first kappa shape index (κ1) is 8.26. The van der Waals surface area contributed by atoms with Gasteiger partial charge in [-0.2, -0.15) is 5.26 Å². The SMILES string of the molecule is N#Cc1c(O)c2cccnc2[nH]c1=O. The van der Waals surface area contributed by atoms with Crippen LogP contribution in [-0.4, -0.2) is 15.1 Å². The van der Waals surface area contributed by atoms with Crippen molar-refractivity contribution in [3.8, 4) is 11.8 Å². The second-order valence-electron chi connectivity index (χ2n) is 2.69. The molecule has 0 spiro atoms. The van der Waals surface area contributed by atoms with Crippen molar-refractivity contribution in [1.82, 2.24) is 9.97 Å². The average molecular weight is 187 g/mol. The highest BCUT2D eigenvalue weighted by molar-refractivity contribution is 5.83. The molecule has 0 radical (unpaired) electrons. The minimum absolute atomic E-state index is 0.272. The molecule has 2 aromatic heterocycles. The Kier molecular flexibility index (Phi) is 1.68. The standard InChI is InChI=1S/C9H5N3O2/c10-4-6-7(13)5-2-1-3-11-8(5)12-9(6)14/h1-3H,(H2,11,12,13,14). The molecule has 2 aromatic rings. The van der Waals surface area contributed by atoms with Crippen molar-refractivity contribution in [2.24, 2.45) is 0 Å². The molecule has 0 aliphatic rings. The van der Waals surface area contributed by atoms with Gasteiger partial charge in [0.1, 0.15) is 17.5 Å².